The van der Waals surface area contributed by atoms with Crippen LogP contribution in [0.5, 0.6) is 0 Å². The third-order valence-electron chi connectivity index (χ3n) is 3.54. The lowest BCUT2D eigenvalue weighted by Crippen LogP contribution is -2.33. The molecule has 0 aromatic heterocycles. The molecule has 18 heavy (non-hydrogen) atoms. The van der Waals surface area contributed by atoms with Crippen molar-refractivity contribution in [3.05, 3.63) is 30.3 Å². The predicted octanol–water partition coefficient (Wildman–Crippen LogP) is 3.68. The molecule has 1 aromatic carbocycles. The van der Waals surface area contributed by atoms with Gasteiger partial charge in [-0.05, 0) is 30.9 Å². The highest BCUT2D eigenvalue weighted by molar-refractivity contribution is 7.99. The summed E-state index contributed by atoms with van der Waals surface area (Å²) in [5.74, 6) is 1.86. The number of nitrogens with one attached hydrogen (secondary N) is 1. The SMILES string of the molecule is C[C@@H]1CCC[C@H](C(=O)NCSc2ccccc2)C1. The molecule has 98 valence electrons. The van der Waals surface area contributed by atoms with Gasteiger partial charge in [-0.15, -0.1) is 11.8 Å². The molecule has 2 nitrogen and oxygen atoms in total. The van der Waals surface area contributed by atoms with Gasteiger partial charge in [0.25, 0.3) is 0 Å². The zero-order valence-corrected chi connectivity index (χ0v) is 11.7. The van der Waals surface area contributed by atoms with Crippen molar-refractivity contribution in [1.82, 2.24) is 5.32 Å². The fourth-order valence-corrected chi connectivity index (χ4v) is 3.25. The molecule has 0 radical (unpaired) electrons. The predicted molar refractivity (Wildman–Crippen MR) is 76.4 cm³/mol. The van der Waals surface area contributed by atoms with E-state index in [1.165, 1.54) is 17.7 Å². The molecule has 0 unspecified atom stereocenters. The average Bonchev–Trinajstić information content (AvgIpc) is 2.40. The molecule has 0 spiro atoms. The van der Waals surface area contributed by atoms with E-state index in [0.717, 1.165) is 12.8 Å². The quantitative estimate of drug-likeness (QED) is 0.663. The summed E-state index contributed by atoms with van der Waals surface area (Å²) >= 11 is 1.68. The molecule has 1 saturated carbocycles. The summed E-state index contributed by atoms with van der Waals surface area (Å²) in [5, 5.41) is 3.05. The first-order valence-corrected chi connectivity index (χ1v) is 7.70. The molecule has 1 fully saturated rings. The minimum absolute atomic E-state index is 0.241. The Morgan fingerprint density at radius 1 is 1.33 bits per heavy atom. The van der Waals surface area contributed by atoms with E-state index in [1.807, 2.05) is 18.2 Å². The summed E-state index contributed by atoms with van der Waals surface area (Å²) in [6, 6.07) is 10.2. The van der Waals surface area contributed by atoms with Crippen LogP contribution in [0.4, 0.5) is 0 Å². The van der Waals surface area contributed by atoms with Crippen molar-refractivity contribution >= 4 is 17.7 Å². The minimum atomic E-state index is 0.241. The Kier molecular flexibility index (Phi) is 5.12. The molecule has 1 aliphatic rings. The van der Waals surface area contributed by atoms with Crippen LogP contribution in [0.3, 0.4) is 0 Å². The zero-order chi connectivity index (χ0) is 12.8. The molecule has 3 heteroatoms. The first kappa shape index (κ1) is 13.5. The van der Waals surface area contributed by atoms with Gasteiger partial charge in [-0.1, -0.05) is 38.0 Å². The van der Waals surface area contributed by atoms with Crippen LogP contribution in [-0.4, -0.2) is 11.8 Å². The third kappa shape index (κ3) is 4.05. The number of hydrogen-bond donors (Lipinski definition) is 1. The third-order valence-corrected chi connectivity index (χ3v) is 4.43. The number of amides is 1. The second-order valence-electron chi connectivity index (χ2n) is 5.11. The highest BCUT2D eigenvalue weighted by atomic mass is 32.2. The fraction of sp³-hybridized carbons (Fsp3) is 0.533. The maximum Gasteiger partial charge on any atom is 0.223 e. The van der Waals surface area contributed by atoms with Crippen LogP contribution in [0.15, 0.2) is 35.2 Å². The maximum atomic E-state index is 12.0. The smallest absolute Gasteiger partial charge is 0.223 e. The molecule has 1 aromatic rings. The number of carbonyl (C=O) groups is 1. The monoisotopic (exact) mass is 263 g/mol. The number of carbonyl (C=O) groups excluding carboxylic acids is 1. The molecule has 0 heterocycles. The van der Waals surface area contributed by atoms with E-state index >= 15 is 0 Å². The molecular formula is C15H21NOS. The molecule has 2 atom stereocenters. The van der Waals surface area contributed by atoms with E-state index in [9.17, 15) is 4.79 Å². The molecule has 0 bridgehead atoms. The van der Waals surface area contributed by atoms with Gasteiger partial charge in [0.1, 0.15) is 0 Å². The first-order valence-electron chi connectivity index (χ1n) is 6.71. The van der Waals surface area contributed by atoms with Crippen LogP contribution in [0, 0.1) is 11.8 Å². The second kappa shape index (κ2) is 6.83. The van der Waals surface area contributed by atoms with Crippen LogP contribution in [0.1, 0.15) is 32.6 Å². The van der Waals surface area contributed by atoms with Gasteiger partial charge in [0, 0.05) is 10.8 Å². The topological polar surface area (TPSA) is 29.1 Å². The number of thioether (sulfide) groups is 1. The summed E-state index contributed by atoms with van der Waals surface area (Å²) < 4.78 is 0. The summed E-state index contributed by atoms with van der Waals surface area (Å²) in [4.78, 5) is 13.2. The normalized spacial score (nSPS) is 23.6. The van der Waals surface area contributed by atoms with Gasteiger partial charge in [-0.25, -0.2) is 0 Å². The van der Waals surface area contributed by atoms with Gasteiger partial charge in [-0.3, -0.25) is 4.79 Å². The van der Waals surface area contributed by atoms with Crippen LogP contribution in [0.2, 0.25) is 0 Å². The van der Waals surface area contributed by atoms with E-state index in [4.69, 9.17) is 0 Å². The average molecular weight is 263 g/mol. The molecule has 0 aliphatic heterocycles. The van der Waals surface area contributed by atoms with Crippen molar-refractivity contribution in [3.63, 3.8) is 0 Å². The summed E-state index contributed by atoms with van der Waals surface area (Å²) in [6.07, 6.45) is 4.60. The van der Waals surface area contributed by atoms with Gasteiger partial charge >= 0.3 is 0 Å². The van der Waals surface area contributed by atoms with Gasteiger partial charge in [0.2, 0.25) is 5.91 Å². The highest BCUT2D eigenvalue weighted by Gasteiger charge is 2.24. The lowest BCUT2D eigenvalue weighted by Gasteiger charge is -2.25. The summed E-state index contributed by atoms with van der Waals surface area (Å²) in [5.41, 5.74) is 0. The van der Waals surface area contributed by atoms with E-state index < -0.39 is 0 Å². The van der Waals surface area contributed by atoms with E-state index in [0.29, 0.717) is 11.8 Å². The molecule has 1 N–H and O–H groups in total. The maximum absolute atomic E-state index is 12.0. The molecule has 0 saturated heterocycles. The van der Waals surface area contributed by atoms with Crippen molar-refractivity contribution in [3.8, 4) is 0 Å². The standard InChI is InChI=1S/C15H21NOS/c1-12-6-5-7-13(10-12)15(17)16-11-18-14-8-3-2-4-9-14/h2-4,8-9,12-13H,5-7,10-11H2,1H3,(H,16,17)/t12-,13+/m1/s1. The van der Waals surface area contributed by atoms with E-state index in [1.54, 1.807) is 11.8 Å². The van der Waals surface area contributed by atoms with Crippen molar-refractivity contribution in [2.45, 2.75) is 37.5 Å². The molecule has 1 amide bonds. The van der Waals surface area contributed by atoms with Crippen LogP contribution in [-0.2, 0) is 4.79 Å². The van der Waals surface area contributed by atoms with Crippen molar-refractivity contribution in [1.29, 1.82) is 0 Å². The lowest BCUT2D eigenvalue weighted by atomic mass is 9.82. The van der Waals surface area contributed by atoms with Gasteiger partial charge in [0.05, 0.1) is 5.88 Å². The van der Waals surface area contributed by atoms with Gasteiger partial charge < -0.3 is 5.32 Å². The van der Waals surface area contributed by atoms with Crippen LogP contribution >= 0.6 is 11.8 Å². The van der Waals surface area contributed by atoms with Crippen molar-refractivity contribution in [2.75, 3.05) is 5.88 Å². The largest absolute Gasteiger partial charge is 0.346 e. The Labute approximate surface area is 114 Å². The van der Waals surface area contributed by atoms with E-state index in [2.05, 4.69) is 24.4 Å². The molecule has 2 rings (SSSR count). The number of rotatable bonds is 4. The molecule has 1 aliphatic carbocycles. The lowest BCUT2D eigenvalue weighted by molar-refractivity contribution is -0.126. The fourth-order valence-electron chi connectivity index (χ4n) is 2.52. The Morgan fingerprint density at radius 2 is 2.11 bits per heavy atom. The van der Waals surface area contributed by atoms with Crippen molar-refractivity contribution < 1.29 is 4.79 Å². The van der Waals surface area contributed by atoms with Gasteiger partial charge in [0.15, 0.2) is 0 Å². The second-order valence-corrected chi connectivity index (χ2v) is 6.16. The molecular weight excluding hydrogens is 242 g/mol. The number of benzene rings is 1. The van der Waals surface area contributed by atoms with Crippen molar-refractivity contribution in [2.24, 2.45) is 11.8 Å². The Hall–Kier alpha value is -0.960. The summed E-state index contributed by atoms with van der Waals surface area (Å²) in [6.45, 7) is 2.25. The van der Waals surface area contributed by atoms with E-state index in [-0.39, 0.29) is 11.8 Å². The Balaban J connectivity index is 1.71. The van der Waals surface area contributed by atoms with Crippen LogP contribution < -0.4 is 5.32 Å². The Morgan fingerprint density at radius 3 is 2.83 bits per heavy atom. The highest BCUT2D eigenvalue weighted by Crippen LogP contribution is 2.28. The Bertz CT molecular complexity index is 379. The van der Waals surface area contributed by atoms with Crippen LogP contribution in [0.25, 0.3) is 0 Å². The first-order chi connectivity index (χ1) is 8.75. The summed E-state index contributed by atoms with van der Waals surface area (Å²) in [7, 11) is 0. The zero-order valence-electron chi connectivity index (χ0n) is 10.9. The van der Waals surface area contributed by atoms with Gasteiger partial charge in [-0.2, -0.15) is 0 Å². The number of hydrogen-bond acceptors (Lipinski definition) is 2. The minimum Gasteiger partial charge on any atom is -0.346 e.